The first-order valence-corrected chi connectivity index (χ1v) is 13.5. The minimum Gasteiger partial charge on any atom is -0.419 e. The van der Waals surface area contributed by atoms with Gasteiger partial charge in [-0.2, -0.15) is 0 Å². The second-order valence-corrected chi connectivity index (χ2v) is 15.0. The van der Waals surface area contributed by atoms with Gasteiger partial charge in [0.1, 0.15) is 0 Å². The first-order chi connectivity index (χ1) is 10.6. The first kappa shape index (κ1) is 17.2. The summed E-state index contributed by atoms with van der Waals surface area (Å²) >= 11 is 0. The van der Waals surface area contributed by atoms with Crippen LogP contribution in [0.1, 0.15) is 0 Å². The molecule has 0 aliphatic carbocycles. The smallest absolute Gasteiger partial charge is 0.373 e. The minimum atomic E-state index is -2.86. The highest BCUT2D eigenvalue weighted by molar-refractivity contribution is 6.95. The fourth-order valence-corrected chi connectivity index (χ4v) is 15.0. The van der Waals surface area contributed by atoms with Crippen LogP contribution in [-0.2, 0) is 16.5 Å². The van der Waals surface area contributed by atoms with Gasteiger partial charge in [0.15, 0.2) is 0 Å². The van der Waals surface area contributed by atoms with Gasteiger partial charge in [0.25, 0.3) is 10.0 Å². The van der Waals surface area contributed by atoms with Crippen LogP contribution in [0.4, 0.5) is 0 Å². The highest BCUT2D eigenvalue weighted by Gasteiger charge is 2.46. The van der Waals surface area contributed by atoms with E-state index >= 15 is 0 Å². The van der Waals surface area contributed by atoms with Gasteiger partial charge in [0.2, 0.25) is 0 Å². The molecule has 0 radical (unpaired) electrons. The van der Waals surface area contributed by atoms with Gasteiger partial charge in [-0.1, -0.05) is 30.3 Å². The van der Waals surface area contributed by atoms with Crippen molar-refractivity contribution in [2.45, 2.75) is 0 Å². The van der Waals surface area contributed by atoms with Crippen LogP contribution in [0.25, 0.3) is 0 Å². The average Bonchev–Trinajstić information content (AvgIpc) is 2.57. The van der Waals surface area contributed by atoms with Gasteiger partial charge < -0.3 is 16.5 Å². The molecule has 8 heteroatoms. The van der Waals surface area contributed by atoms with Gasteiger partial charge in [-0.25, -0.2) is 0 Å². The van der Waals surface area contributed by atoms with E-state index in [0.717, 1.165) is 5.19 Å². The van der Waals surface area contributed by atoms with Gasteiger partial charge in [0.05, 0.1) is 0 Å². The Morgan fingerprint density at radius 3 is 2.05 bits per heavy atom. The third-order valence-electron chi connectivity index (χ3n) is 3.32. The van der Waals surface area contributed by atoms with Crippen molar-refractivity contribution in [1.82, 2.24) is 0 Å². The molecule has 0 bridgehead atoms. The van der Waals surface area contributed by atoms with Crippen LogP contribution in [0.2, 0.25) is 0 Å². The highest BCUT2D eigenvalue weighted by Crippen LogP contribution is 2.23. The van der Waals surface area contributed by atoms with Crippen LogP contribution < -0.4 is 5.19 Å². The normalized spacial score (nSPS) is 24.6. The molecule has 116 valence electrons. The summed E-state index contributed by atoms with van der Waals surface area (Å²) in [5, 5.41) is 1.05. The standard InChI is InChI=1S/C14H20O4Si4/c1-5-21(6-2)16-19-15-20(14-12-10-9-11-13-14)17-22(7-3,8-4)18-21/h5-13,20H,1-4,19H2. The molecule has 0 aromatic heterocycles. The first-order valence-electron chi connectivity index (χ1n) is 6.85. The maximum atomic E-state index is 6.31. The third-order valence-corrected chi connectivity index (χ3v) is 15.4. The summed E-state index contributed by atoms with van der Waals surface area (Å²) < 4.78 is 24.6. The average molecular weight is 365 g/mol. The van der Waals surface area contributed by atoms with Gasteiger partial charge >= 0.3 is 26.4 Å². The van der Waals surface area contributed by atoms with Crippen molar-refractivity contribution < 1.29 is 16.5 Å². The molecule has 2 rings (SSSR count). The Morgan fingerprint density at radius 2 is 1.50 bits per heavy atom. The SMILES string of the molecule is C=C[Si]1(C=C)O[SiH2]O[SiH](c2ccccc2)O[Si](C=C)(C=C)O1. The summed E-state index contributed by atoms with van der Waals surface area (Å²) in [7, 11) is -8.95. The van der Waals surface area contributed by atoms with Crippen LogP contribution in [0.15, 0.2) is 79.4 Å². The van der Waals surface area contributed by atoms with Crippen molar-refractivity contribution in [3.05, 3.63) is 79.4 Å². The maximum Gasteiger partial charge on any atom is 0.373 e. The lowest BCUT2D eigenvalue weighted by molar-refractivity contribution is 0.293. The molecule has 0 spiro atoms. The Kier molecular flexibility index (Phi) is 5.83. The van der Waals surface area contributed by atoms with E-state index in [1.807, 2.05) is 30.3 Å². The molecule has 0 amide bonds. The molecule has 1 fully saturated rings. The van der Waals surface area contributed by atoms with Gasteiger partial charge in [-0.15, -0.1) is 26.3 Å². The van der Waals surface area contributed by atoms with Crippen molar-refractivity contribution in [3.63, 3.8) is 0 Å². The summed E-state index contributed by atoms with van der Waals surface area (Å²) in [5.74, 6) is 0. The summed E-state index contributed by atoms with van der Waals surface area (Å²) in [5.41, 5.74) is 6.80. The van der Waals surface area contributed by atoms with E-state index in [4.69, 9.17) is 16.5 Å². The van der Waals surface area contributed by atoms with E-state index in [-0.39, 0.29) is 0 Å². The number of hydrogen-bond acceptors (Lipinski definition) is 4. The number of rotatable bonds is 5. The predicted molar refractivity (Wildman–Crippen MR) is 98.4 cm³/mol. The van der Waals surface area contributed by atoms with E-state index in [1.165, 1.54) is 0 Å². The molecule has 0 N–H and O–H groups in total. The molecule has 1 saturated heterocycles. The Hall–Kier alpha value is -1.11. The summed E-state index contributed by atoms with van der Waals surface area (Å²) in [6.45, 7) is 15.4. The topological polar surface area (TPSA) is 36.9 Å². The lowest BCUT2D eigenvalue weighted by Crippen LogP contribution is -2.60. The largest absolute Gasteiger partial charge is 0.419 e. The fourth-order valence-electron chi connectivity index (χ4n) is 2.01. The number of hydrogen-bond donors (Lipinski definition) is 0. The molecule has 1 heterocycles. The molecule has 1 unspecified atom stereocenters. The Bertz CT molecular complexity index is 547. The molecular formula is C14H20O4Si4. The van der Waals surface area contributed by atoms with Gasteiger partial charge in [-0.05, 0) is 28.0 Å². The molecule has 1 aliphatic heterocycles. The van der Waals surface area contributed by atoms with Crippen LogP contribution >= 0.6 is 0 Å². The Labute approximate surface area is 137 Å². The highest BCUT2D eigenvalue weighted by atomic mass is 28.5. The fraction of sp³-hybridized carbons (Fsp3) is 0. The van der Waals surface area contributed by atoms with E-state index in [9.17, 15) is 0 Å². The van der Waals surface area contributed by atoms with Gasteiger partial charge in [-0.3, -0.25) is 0 Å². The molecule has 1 aromatic rings. The third kappa shape index (κ3) is 3.61. The van der Waals surface area contributed by atoms with Crippen molar-refractivity contribution in [2.24, 2.45) is 0 Å². The molecule has 1 aromatic carbocycles. The zero-order valence-corrected chi connectivity index (χ0v) is 17.0. The number of benzene rings is 1. The molecule has 1 aliphatic rings. The van der Waals surface area contributed by atoms with Crippen molar-refractivity contribution in [3.8, 4) is 0 Å². The van der Waals surface area contributed by atoms with Crippen molar-refractivity contribution in [1.29, 1.82) is 0 Å². The van der Waals surface area contributed by atoms with E-state index in [1.54, 1.807) is 22.8 Å². The molecule has 4 nitrogen and oxygen atoms in total. The van der Waals surface area contributed by atoms with Crippen LogP contribution in [0.5, 0.6) is 0 Å². The zero-order valence-electron chi connectivity index (χ0n) is 12.4. The lowest BCUT2D eigenvalue weighted by Gasteiger charge is -2.39. The molecule has 1 atom stereocenters. The van der Waals surface area contributed by atoms with Crippen LogP contribution in [0.3, 0.4) is 0 Å². The summed E-state index contributed by atoms with van der Waals surface area (Å²) in [6.07, 6.45) is 0. The van der Waals surface area contributed by atoms with Crippen LogP contribution in [0, 0.1) is 0 Å². The zero-order chi connectivity index (χ0) is 16.1. The second-order valence-electron chi connectivity index (χ2n) is 4.65. The quantitative estimate of drug-likeness (QED) is 0.730. The van der Waals surface area contributed by atoms with Crippen molar-refractivity contribution >= 4 is 41.6 Å². The molecule has 0 saturated carbocycles. The summed E-state index contributed by atoms with van der Waals surface area (Å²) in [4.78, 5) is 0. The van der Waals surface area contributed by atoms with E-state index in [0.29, 0.717) is 0 Å². The molecular weight excluding hydrogens is 344 g/mol. The maximum absolute atomic E-state index is 6.31. The monoisotopic (exact) mass is 364 g/mol. The van der Waals surface area contributed by atoms with Gasteiger partial charge in [0, 0.05) is 0 Å². The van der Waals surface area contributed by atoms with Crippen LogP contribution in [-0.4, -0.2) is 36.4 Å². The lowest BCUT2D eigenvalue weighted by atomic mass is 10.4. The van der Waals surface area contributed by atoms with Crippen molar-refractivity contribution in [2.75, 3.05) is 0 Å². The minimum absolute atomic E-state index is 1.05. The van der Waals surface area contributed by atoms with E-state index in [2.05, 4.69) is 26.3 Å². The summed E-state index contributed by atoms with van der Waals surface area (Å²) in [6, 6.07) is 9.90. The molecule has 22 heavy (non-hydrogen) atoms. The van der Waals surface area contributed by atoms with E-state index < -0.39 is 36.4 Å². The second kappa shape index (κ2) is 7.44. The Morgan fingerprint density at radius 1 is 0.909 bits per heavy atom. The predicted octanol–water partition coefficient (Wildman–Crippen LogP) is 0.978. The Balaban J connectivity index is 2.36.